The summed E-state index contributed by atoms with van der Waals surface area (Å²) < 4.78 is 80.2. The summed E-state index contributed by atoms with van der Waals surface area (Å²) in [5.41, 5.74) is 0. The average molecular weight is 1250 g/mol. The Labute approximate surface area is 478 Å². The van der Waals surface area contributed by atoms with Crippen LogP contribution in [-0.4, -0.2) is 403 Å². The minimum atomic E-state index is -2.37. The van der Waals surface area contributed by atoms with E-state index in [1.807, 2.05) is 0 Å². The van der Waals surface area contributed by atoms with Crippen LogP contribution in [-0.2, 0) is 75.9 Å². The molecule has 35 atom stereocenters. The van der Waals surface area contributed by atoms with E-state index >= 15 is 0 Å². The zero-order chi connectivity index (χ0) is 62.2. The molecule has 0 aromatic carbocycles. The molecule has 21 heterocycles. The van der Waals surface area contributed by atoms with Crippen molar-refractivity contribution < 1.29 is 188 Å². The van der Waals surface area contributed by atoms with Gasteiger partial charge in [-0.25, -0.2) is 0 Å². The van der Waals surface area contributed by atoms with Gasteiger partial charge in [-0.1, -0.05) is 0 Å². The lowest BCUT2D eigenvalue weighted by Gasteiger charge is -2.50. The van der Waals surface area contributed by atoms with Crippen molar-refractivity contribution in [2.24, 2.45) is 0 Å². The van der Waals surface area contributed by atoms with Crippen molar-refractivity contribution in [2.75, 3.05) is 59.3 Å². The number of hydrogen-bond acceptors (Lipinski definition) is 37. The summed E-state index contributed by atoms with van der Waals surface area (Å²) in [6.45, 7) is -9.56. The molecule has 21 rings (SSSR count). The molecular weight excluding hydrogens is 1170 g/mol. The molecular formula is C46H75NO38. The lowest BCUT2D eigenvalue weighted by atomic mass is 9.95. The molecule has 0 radical (unpaired) electrons. The summed E-state index contributed by atoms with van der Waals surface area (Å²) in [6.07, 6.45) is -73.4. The van der Waals surface area contributed by atoms with Crippen molar-refractivity contribution in [1.82, 2.24) is 4.90 Å². The van der Waals surface area contributed by atoms with Gasteiger partial charge in [-0.3, -0.25) is 14.5 Å². The fourth-order valence-electron chi connectivity index (χ4n) is 11.2. The first-order valence-electron chi connectivity index (χ1n) is 26.8. The zero-order valence-electron chi connectivity index (χ0n) is 44.4. The summed E-state index contributed by atoms with van der Waals surface area (Å²) in [5, 5.41) is 242. The fourth-order valence-corrected chi connectivity index (χ4v) is 11.2. The Balaban J connectivity index is 1.11. The number of hydrogen-bond donors (Lipinski definition) is 22. The van der Waals surface area contributed by atoms with Gasteiger partial charge in [0, 0.05) is 6.54 Å². The van der Waals surface area contributed by atoms with Crippen LogP contribution in [0.1, 0.15) is 0 Å². The second-order valence-corrected chi connectivity index (χ2v) is 21.4. The number of rotatable bonds is 12. The van der Waals surface area contributed by atoms with Crippen LogP contribution in [0.2, 0.25) is 0 Å². The monoisotopic (exact) mass is 1250 g/mol. The highest BCUT2D eigenvalue weighted by Gasteiger charge is 2.60. The maximum atomic E-state index is 11.9. The quantitative estimate of drug-likeness (QED) is 0.0863. The first kappa shape index (κ1) is 68.4. The van der Waals surface area contributed by atoms with Crippen LogP contribution in [0, 0.1) is 0 Å². The Hall–Kier alpha value is -2.46. The number of aliphatic carboxylic acids is 2. The van der Waals surface area contributed by atoms with Gasteiger partial charge in [0.25, 0.3) is 0 Å². The van der Waals surface area contributed by atoms with Crippen molar-refractivity contribution in [3.63, 3.8) is 0 Å². The van der Waals surface area contributed by atoms with E-state index in [0.717, 1.165) is 4.90 Å². The Morgan fingerprint density at radius 3 is 0.553 bits per heavy atom. The van der Waals surface area contributed by atoms with Crippen LogP contribution in [0.15, 0.2) is 0 Å². The standard InChI is InChI=1S/C46H75NO38/c48-4-11-34-21(60)28(67)42(74-11)82-36-13(6-50)76-44(30(69)23(36)62)84-38-15(8-52)78-46(32(71)25(38)64)85-39-16(9-53)77-45(31(70)24(39)63)83-37-14(7-51)75-43(29(68)22(37)61)81-35-12(5-49)73-41(27(66)20(35)59)79-33-10(72-40(80-34)26(65)19(33)58)1-47(2-17(54)55)3-18(56)57/h10-16,19-46,48-53,58-71H,1-9H2,(H,54,55)(H,56,57)/t10-,11-,12-,13-,14-,15-,16-,19-,20-,21-,22-,23-,24-,25-,26-,27-,28-,29-,30-,31-,32-,33-,34-,35-,36-,37-,38-,39-,40-,41-,42-,43-,44-,45-,46-/m1/s1. The SMILES string of the molecule is O=C(O)CN(CC(=O)O)C[C@H]1O[C@@H]2O[C@H]3[C@H](O)[C@@H](O)[C@@H](O[C@H]4[C@H](O)[C@@H](O)[C@@H](O[C@H]5[C@H](O)[C@@H](O)[C@@H](O[C@H]6[C@H](O)[C@@H](O)[C@@H](O[C@H]7[C@H](O)[C@@H](O)[C@@H](O[C@H]8[C@H](O)[C@@H](O)[C@@H](O[C@H]1[C@H](O)[C@H]2O)O[C@@H]8CO)O[C@@H]7CO)O[C@@H]6CO)O[C@@H]5CO)O[C@@H]4CO)O[C@@H]3CO. The van der Waals surface area contributed by atoms with Crippen LogP contribution in [0.4, 0.5) is 0 Å². The van der Waals surface area contributed by atoms with Crippen LogP contribution >= 0.6 is 0 Å². The Bertz CT molecular complexity index is 2100. The van der Waals surface area contributed by atoms with Gasteiger partial charge in [0.15, 0.2) is 44.0 Å². The van der Waals surface area contributed by atoms with Gasteiger partial charge >= 0.3 is 11.9 Å². The zero-order valence-corrected chi connectivity index (χ0v) is 44.4. The van der Waals surface area contributed by atoms with Crippen LogP contribution in [0.25, 0.3) is 0 Å². The summed E-state index contributed by atoms with van der Waals surface area (Å²) in [4.78, 5) is 24.5. The third-order valence-electron chi connectivity index (χ3n) is 15.8. The minimum Gasteiger partial charge on any atom is -0.480 e. The second-order valence-electron chi connectivity index (χ2n) is 21.4. The molecule has 39 nitrogen and oxygen atoms in total. The molecule has 21 saturated heterocycles. The van der Waals surface area contributed by atoms with Gasteiger partial charge in [0.2, 0.25) is 0 Å². The van der Waals surface area contributed by atoms with E-state index < -0.39 is 286 Å². The van der Waals surface area contributed by atoms with Gasteiger partial charge in [-0.05, 0) is 0 Å². The maximum Gasteiger partial charge on any atom is 0.317 e. The summed E-state index contributed by atoms with van der Waals surface area (Å²) >= 11 is 0. The predicted molar refractivity (Wildman–Crippen MR) is 253 cm³/mol. The minimum absolute atomic E-state index is 0.732. The highest BCUT2D eigenvalue weighted by atomic mass is 16.8. The number of aliphatic hydroxyl groups is 20. The smallest absolute Gasteiger partial charge is 0.317 e. The Morgan fingerprint density at radius 1 is 0.247 bits per heavy atom. The molecule has 0 aromatic heterocycles. The number of ether oxygens (including phenoxy) is 14. The van der Waals surface area contributed by atoms with Gasteiger partial charge in [0.05, 0.1) is 52.7 Å². The highest BCUT2D eigenvalue weighted by Crippen LogP contribution is 2.39. The van der Waals surface area contributed by atoms with E-state index in [-0.39, 0.29) is 0 Å². The lowest BCUT2D eigenvalue weighted by Crippen LogP contribution is -2.68. The topological polar surface area (TPSA) is 612 Å². The van der Waals surface area contributed by atoms with E-state index in [1.165, 1.54) is 0 Å². The highest BCUT2D eigenvalue weighted by molar-refractivity contribution is 5.72. The molecule has 0 unspecified atom stereocenters. The van der Waals surface area contributed by atoms with Gasteiger partial charge in [-0.15, -0.1) is 0 Å². The van der Waals surface area contributed by atoms with Crippen LogP contribution in [0.5, 0.6) is 0 Å². The van der Waals surface area contributed by atoms with Crippen molar-refractivity contribution in [3.8, 4) is 0 Å². The van der Waals surface area contributed by atoms with Crippen LogP contribution in [0.3, 0.4) is 0 Å². The van der Waals surface area contributed by atoms with E-state index in [0.29, 0.717) is 0 Å². The Kier molecular flexibility index (Phi) is 23.5. The second kappa shape index (κ2) is 29.2. The largest absolute Gasteiger partial charge is 0.480 e. The van der Waals surface area contributed by atoms with Gasteiger partial charge < -0.3 is 179 Å². The molecule has 39 heteroatoms. The number of aliphatic hydroxyl groups excluding tert-OH is 20. The van der Waals surface area contributed by atoms with Crippen molar-refractivity contribution in [2.45, 2.75) is 215 Å². The third kappa shape index (κ3) is 14.4. The fraction of sp³-hybridized carbons (Fsp3) is 0.957. The molecule has 21 aliphatic heterocycles. The molecule has 0 aliphatic carbocycles. The number of nitrogens with zero attached hydrogens (tertiary/aromatic N) is 1. The molecule has 21 aliphatic rings. The molecule has 0 amide bonds. The normalized spacial score (nSPS) is 51.2. The molecule has 21 fully saturated rings. The maximum absolute atomic E-state index is 11.9. The summed E-state index contributed by atoms with van der Waals surface area (Å²) in [5.74, 6) is -3.18. The number of carboxylic acids is 2. The van der Waals surface area contributed by atoms with Gasteiger partial charge in [0.1, 0.15) is 171 Å². The van der Waals surface area contributed by atoms with Crippen LogP contribution < -0.4 is 0 Å². The molecule has 0 aromatic rings. The molecule has 14 bridgehead atoms. The Morgan fingerprint density at radius 2 is 0.400 bits per heavy atom. The van der Waals surface area contributed by atoms with E-state index in [9.17, 15) is 122 Å². The van der Waals surface area contributed by atoms with E-state index in [4.69, 9.17) is 66.3 Å². The summed E-state index contributed by atoms with van der Waals surface area (Å²) in [7, 11) is 0. The number of carboxylic acid groups (broad SMARTS) is 2. The molecule has 0 spiro atoms. The molecule has 22 N–H and O–H groups in total. The van der Waals surface area contributed by atoms with Crippen molar-refractivity contribution in [3.05, 3.63) is 0 Å². The molecule has 0 saturated carbocycles. The lowest BCUT2D eigenvalue weighted by molar-refractivity contribution is -0.396. The first-order chi connectivity index (χ1) is 40.3. The van der Waals surface area contributed by atoms with E-state index in [1.54, 1.807) is 0 Å². The summed E-state index contributed by atoms with van der Waals surface area (Å²) in [6, 6.07) is 0. The predicted octanol–water partition coefficient (Wildman–Crippen LogP) is -15.8. The first-order valence-corrected chi connectivity index (χ1v) is 26.8. The van der Waals surface area contributed by atoms with Crippen molar-refractivity contribution in [1.29, 1.82) is 0 Å². The number of carbonyl (C=O) groups is 2. The third-order valence-corrected chi connectivity index (χ3v) is 15.8. The average Bonchev–Trinajstić information content (AvgIpc) is 1.76. The van der Waals surface area contributed by atoms with E-state index in [2.05, 4.69) is 0 Å². The molecule has 85 heavy (non-hydrogen) atoms. The van der Waals surface area contributed by atoms with Crippen molar-refractivity contribution >= 4 is 11.9 Å². The molecule has 492 valence electrons. The van der Waals surface area contributed by atoms with Gasteiger partial charge in [-0.2, -0.15) is 0 Å².